The van der Waals surface area contributed by atoms with Gasteiger partial charge in [-0.2, -0.15) is 0 Å². The first kappa shape index (κ1) is 15.1. The normalized spacial score (nSPS) is 36.7. The van der Waals surface area contributed by atoms with Crippen LogP contribution >= 0.6 is 0 Å². The summed E-state index contributed by atoms with van der Waals surface area (Å²) in [6.45, 7) is 2.57. The number of hydrogen-bond donors (Lipinski definition) is 1. The predicted molar refractivity (Wildman–Crippen MR) is 82.0 cm³/mol. The Balaban J connectivity index is 1.59. The predicted octanol–water partition coefficient (Wildman–Crippen LogP) is 4.95. The van der Waals surface area contributed by atoms with E-state index < -0.39 is 0 Å². The van der Waals surface area contributed by atoms with Crippen molar-refractivity contribution < 1.29 is 5.11 Å². The molecule has 0 aromatic rings. The van der Waals surface area contributed by atoms with E-state index >= 15 is 0 Å². The number of aliphatic hydroxyl groups excluding tert-OH is 1. The summed E-state index contributed by atoms with van der Waals surface area (Å²) in [5.74, 6) is 3.47. The molecule has 0 atom stereocenters. The molecule has 0 aromatic carbocycles. The van der Waals surface area contributed by atoms with E-state index in [0.29, 0.717) is 12.5 Å². The van der Waals surface area contributed by atoms with Crippen LogP contribution in [0.1, 0.15) is 71.1 Å². The van der Waals surface area contributed by atoms with Gasteiger partial charge in [0.25, 0.3) is 0 Å². The highest BCUT2D eigenvalue weighted by Crippen LogP contribution is 2.36. The van der Waals surface area contributed by atoms with Gasteiger partial charge < -0.3 is 5.11 Å². The summed E-state index contributed by atoms with van der Waals surface area (Å²) in [6.07, 6.45) is 18.6. The van der Waals surface area contributed by atoms with Crippen molar-refractivity contribution in [2.24, 2.45) is 23.7 Å². The molecule has 0 aliphatic heterocycles. The van der Waals surface area contributed by atoms with Crippen LogP contribution < -0.4 is 0 Å². The molecule has 19 heavy (non-hydrogen) atoms. The minimum absolute atomic E-state index is 0.418. The molecular weight excluding hydrogens is 232 g/mol. The number of aliphatic hydroxyl groups is 1. The van der Waals surface area contributed by atoms with Gasteiger partial charge in [-0.25, -0.2) is 0 Å². The van der Waals surface area contributed by atoms with E-state index in [1.807, 2.05) is 0 Å². The lowest BCUT2D eigenvalue weighted by Gasteiger charge is -2.30. The van der Waals surface area contributed by atoms with E-state index in [1.54, 1.807) is 0 Å². The summed E-state index contributed by atoms with van der Waals surface area (Å²) in [5, 5.41) is 9.17. The van der Waals surface area contributed by atoms with E-state index in [4.69, 9.17) is 0 Å². The van der Waals surface area contributed by atoms with E-state index in [1.165, 1.54) is 64.2 Å². The zero-order valence-electron chi connectivity index (χ0n) is 12.7. The molecule has 1 nitrogen and oxygen atoms in total. The first-order valence-corrected chi connectivity index (χ1v) is 8.55. The Kier molecular flexibility index (Phi) is 6.43. The summed E-state index contributed by atoms with van der Waals surface area (Å²) in [7, 11) is 0. The standard InChI is InChI=1S/C18H32O/c1-2-3-15-4-6-16(7-5-15)8-9-17-10-12-18(14-19)13-11-17/h2-3,15-19H,4-14H2,1H3/b3-2+. The van der Waals surface area contributed by atoms with E-state index in [2.05, 4.69) is 19.1 Å². The maximum absolute atomic E-state index is 9.17. The molecule has 2 rings (SSSR count). The number of rotatable bonds is 5. The number of hydrogen-bond acceptors (Lipinski definition) is 1. The molecule has 0 bridgehead atoms. The Morgan fingerprint density at radius 2 is 1.26 bits per heavy atom. The topological polar surface area (TPSA) is 20.2 Å². The van der Waals surface area contributed by atoms with Crippen molar-refractivity contribution in [1.29, 1.82) is 0 Å². The number of allylic oxidation sites excluding steroid dienone is 2. The zero-order valence-corrected chi connectivity index (χ0v) is 12.7. The fourth-order valence-electron chi connectivity index (χ4n) is 4.12. The first-order valence-electron chi connectivity index (χ1n) is 8.55. The molecule has 0 heterocycles. The average molecular weight is 264 g/mol. The molecule has 2 aliphatic carbocycles. The first-order chi connectivity index (χ1) is 9.31. The van der Waals surface area contributed by atoms with Gasteiger partial charge in [-0.1, -0.05) is 37.8 Å². The van der Waals surface area contributed by atoms with Crippen LogP contribution in [0.3, 0.4) is 0 Å². The van der Waals surface area contributed by atoms with E-state index in [-0.39, 0.29) is 0 Å². The molecule has 0 saturated heterocycles. The summed E-state index contributed by atoms with van der Waals surface area (Å²) < 4.78 is 0. The van der Waals surface area contributed by atoms with Crippen LogP contribution in [0.25, 0.3) is 0 Å². The molecule has 2 aliphatic rings. The molecule has 2 saturated carbocycles. The zero-order chi connectivity index (χ0) is 13.5. The smallest absolute Gasteiger partial charge is 0.0459 e. The van der Waals surface area contributed by atoms with Crippen LogP contribution in [0.15, 0.2) is 12.2 Å². The highest BCUT2D eigenvalue weighted by molar-refractivity contribution is 4.89. The lowest BCUT2D eigenvalue weighted by molar-refractivity contribution is 0.158. The van der Waals surface area contributed by atoms with Crippen LogP contribution in [0.5, 0.6) is 0 Å². The van der Waals surface area contributed by atoms with Crippen molar-refractivity contribution in [3.63, 3.8) is 0 Å². The van der Waals surface area contributed by atoms with Crippen LogP contribution in [0, 0.1) is 23.7 Å². The molecule has 0 radical (unpaired) electrons. The van der Waals surface area contributed by atoms with Crippen molar-refractivity contribution in [1.82, 2.24) is 0 Å². The summed E-state index contributed by atoms with van der Waals surface area (Å²) in [5.41, 5.74) is 0. The van der Waals surface area contributed by atoms with Gasteiger partial charge in [0, 0.05) is 6.61 Å². The third-order valence-electron chi connectivity index (χ3n) is 5.56. The second kappa shape index (κ2) is 8.09. The minimum atomic E-state index is 0.418. The Hall–Kier alpha value is -0.300. The van der Waals surface area contributed by atoms with Crippen molar-refractivity contribution in [2.45, 2.75) is 71.1 Å². The van der Waals surface area contributed by atoms with Crippen LogP contribution in [0.4, 0.5) is 0 Å². The highest BCUT2D eigenvalue weighted by Gasteiger charge is 2.23. The van der Waals surface area contributed by atoms with Crippen molar-refractivity contribution >= 4 is 0 Å². The van der Waals surface area contributed by atoms with Gasteiger partial charge in [-0.3, -0.25) is 0 Å². The Labute approximate surface area is 119 Å². The van der Waals surface area contributed by atoms with Crippen molar-refractivity contribution in [3.8, 4) is 0 Å². The van der Waals surface area contributed by atoms with Gasteiger partial charge in [0.1, 0.15) is 0 Å². The van der Waals surface area contributed by atoms with E-state index in [0.717, 1.165) is 17.8 Å². The molecule has 1 heteroatoms. The third kappa shape index (κ3) is 4.95. The Morgan fingerprint density at radius 1 is 0.789 bits per heavy atom. The second-order valence-corrected chi connectivity index (χ2v) is 6.95. The molecule has 0 aromatic heterocycles. The molecule has 0 unspecified atom stereocenters. The SMILES string of the molecule is C/C=C/C1CCC(CCC2CCC(CO)CC2)CC1. The van der Waals surface area contributed by atoms with Gasteiger partial charge in [0.05, 0.1) is 0 Å². The monoisotopic (exact) mass is 264 g/mol. The summed E-state index contributed by atoms with van der Waals surface area (Å²) in [4.78, 5) is 0. The molecular formula is C18H32O. The largest absolute Gasteiger partial charge is 0.396 e. The van der Waals surface area contributed by atoms with E-state index in [9.17, 15) is 5.11 Å². The van der Waals surface area contributed by atoms with Gasteiger partial charge in [-0.15, -0.1) is 0 Å². The quantitative estimate of drug-likeness (QED) is 0.697. The lowest BCUT2D eigenvalue weighted by atomic mass is 9.76. The Morgan fingerprint density at radius 3 is 1.74 bits per heavy atom. The van der Waals surface area contributed by atoms with Crippen molar-refractivity contribution in [3.05, 3.63) is 12.2 Å². The minimum Gasteiger partial charge on any atom is -0.396 e. The fourth-order valence-corrected chi connectivity index (χ4v) is 4.12. The highest BCUT2D eigenvalue weighted by atomic mass is 16.3. The molecule has 110 valence electrons. The average Bonchev–Trinajstić information content (AvgIpc) is 2.47. The Bertz CT molecular complexity index is 255. The molecule has 0 amide bonds. The van der Waals surface area contributed by atoms with Gasteiger partial charge in [0.2, 0.25) is 0 Å². The maximum Gasteiger partial charge on any atom is 0.0459 e. The fraction of sp³-hybridized carbons (Fsp3) is 0.889. The van der Waals surface area contributed by atoms with Gasteiger partial charge >= 0.3 is 0 Å². The van der Waals surface area contributed by atoms with Gasteiger partial charge in [-0.05, 0) is 69.1 Å². The third-order valence-corrected chi connectivity index (χ3v) is 5.56. The lowest BCUT2D eigenvalue weighted by Crippen LogP contribution is -2.19. The second-order valence-electron chi connectivity index (χ2n) is 6.95. The van der Waals surface area contributed by atoms with Crippen LogP contribution in [0.2, 0.25) is 0 Å². The van der Waals surface area contributed by atoms with Crippen LogP contribution in [-0.4, -0.2) is 11.7 Å². The van der Waals surface area contributed by atoms with Crippen molar-refractivity contribution in [2.75, 3.05) is 6.61 Å². The van der Waals surface area contributed by atoms with Gasteiger partial charge in [0.15, 0.2) is 0 Å². The molecule has 0 spiro atoms. The molecule has 2 fully saturated rings. The van der Waals surface area contributed by atoms with Crippen LogP contribution in [-0.2, 0) is 0 Å². The molecule has 1 N–H and O–H groups in total. The summed E-state index contributed by atoms with van der Waals surface area (Å²) in [6, 6.07) is 0. The summed E-state index contributed by atoms with van der Waals surface area (Å²) >= 11 is 0. The maximum atomic E-state index is 9.17.